The van der Waals surface area contributed by atoms with Crippen molar-refractivity contribution < 1.29 is 18.7 Å². The van der Waals surface area contributed by atoms with Crippen LogP contribution in [-0.2, 0) is 14.3 Å². The largest absolute Gasteiger partial charge is 0.465 e. The van der Waals surface area contributed by atoms with Crippen LogP contribution in [0.1, 0.15) is 54.9 Å². The number of thioether (sulfide) groups is 1. The lowest BCUT2D eigenvalue weighted by Crippen LogP contribution is -2.36. The van der Waals surface area contributed by atoms with Gasteiger partial charge in [-0.3, -0.25) is 4.79 Å². The lowest BCUT2D eigenvalue weighted by molar-refractivity contribution is -0.138. The maximum Gasteiger partial charge on any atom is 0.336 e. The highest BCUT2D eigenvalue weighted by Gasteiger charge is 2.42. The number of allylic oxidation sites excluding steroid dienone is 3. The van der Waals surface area contributed by atoms with E-state index in [4.69, 9.17) is 9.15 Å². The highest BCUT2D eigenvalue weighted by atomic mass is 32.2. The van der Waals surface area contributed by atoms with Crippen molar-refractivity contribution >= 4 is 34.9 Å². The van der Waals surface area contributed by atoms with Crippen LogP contribution in [0, 0.1) is 6.92 Å². The number of rotatable bonds is 7. The van der Waals surface area contributed by atoms with Crippen LogP contribution in [0.4, 0.5) is 0 Å². The number of ketones is 1. The van der Waals surface area contributed by atoms with E-state index in [0.29, 0.717) is 29.9 Å². The first-order valence-corrected chi connectivity index (χ1v) is 12.6. The SMILES string of the molecule is CCSCCOC(=O)C1=C(C)NC2=C(C(=O)C[C@@H](c3cccs3)C2)[C@H]1c1ccc(C)o1. The molecule has 0 aromatic carbocycles. The average Bonchev–Trinajstić information content (AvgIpc) is 3.42. The summed E-state index contributed by atoms with van der Waals surface area (Å²) in [4.78, 5) is 27.7. The van der Waals surface area contributed by atoms with Gasteiger partial charge in [-0.1, -0.05) is 13.0 Å². The predicted octanol–water partition coefficient (Wildman–Crippen LogP) is 5.31. The van der Waals surface area contributed by atoms with E-state index in [0.717, 1.165) is 35.1 Å². The van der Waals surface area contributed by atoms with Crippen molar-refractivity contribution in [2.75, 3.05) is 18.1 Å². The molecule has 2 aromatic heterocycles. The molecule has 0 amide bonds. The third-order valence-corrected chi connectivity index (χ3v) is 7.60. The number of nitrogens with one attached hydrogen (secondary N) is 1. The molecule has 1 aliphatic carbocycles. The smallest absolute Gasteiger partial charge is 0.336 e. The van der Waals surface area contributed by atoms with Gasteiger partial charge in [0.1, 0.15) is 18.1 Å². The van der Waals surface area contributed by atoms with E-state index in [1.165, 1.54) is 4.88 Å². The number of esters is 1. The van der Waals surface area contributed by atoms with Gasteiger partial charge in [-0.05, 0) is 49.6 Å². The molecular formula is C24H27NO4S2. The molecule has 7 heteroatoms. The van der Waals surface area contributed by atoms with E-state index in [2.05, 4.69) is 18.3 Å². The minimum Gasteiger partial charge on any atom is -0.465 e. The third kappa shape index (κ3) is 4.53. The summed E-state index contributed by atoms with van der Waals surface area (Å²) in [6.07, 6.45) is 1.18. The molecule has 5 nitrogen and oxygen atoms in total. The summed E-state index contributed by atoms with van der Waals surface area (Å²) in [6, 6.07) is 7.84. The van der Waals surface area contributed by atoms with E-state index in [1.807, 2.05) is 37.4 Å². The number of dihydropyridines is 1. The zero-order valence-electron chi connectivity index (χ0n) is 18.0. The molecule has 0 saturated carbocycles. The van der Waals surface area contributed by atoms with E-state index in [-0.39, 0.29) is 17.7 Å². The van der Waals surface area contributed by atoms with E-state index < -0.39 is 5.92 Å². The van der Waals surface area contributed by atoms with Crippen molar-refractivity contribution in [3.8, 4) is 0 Å². The van der Waals surface area contributed by atoms with Gasteiger partial charge >= 0.3 is 5.97 Å². The Morgan fingerprint density at radius 2 is 2.13 bits per heavy atom. The first kappa shape index (κ1) is 22.0. The Morgan fingerprint density at radius 1 is 1.29 bits per heavy atom. The molecule has 1 N–H and O–H groups in total. The van der Waals surface area contributed by atoms with Crippen molar-refractivity contribution in [1.29, 1.82) is 0 Å². The van der Waals surface area contributed by atoms with Crippen LogP contribution in [0.15, 0.2) is 56.6 Å². The van der Waals surface area contributed by atoms with Crippen molar-refractivity contribution in [2.24, 2.45) is 0 Å². The zero-order valence-corrected chi connectivity index (χ0v) is 19.7. The Labute approximate surface area is 190 Å². The number of Topliss-reactive ketones (excluding diaryl/α,β-unsaturated/α-hetero) is 1. The molecule has 0 bridgehead atoms. The molecule has 164 valence electrons. The van der Waals surface area contributed by atoms with Crippen LogP contribution in [0.5, 0.6) is 0 Å². The standard InChI is InChI=1S/C24H27NO4S2/c1-4-30-11-9-28-24(27)21-15(3)25-17-12-16(20-6-5-10-31-20)13-18(26)22(17)23(21)19-8-7-14(2)29-19/h5-8,10,16,23,25H,4,9,11-13H2,1-3H3/t16-,23-/m0/s1. The second-order valence-electron chi connectivity index (χ2n) is 7.81. The fraction of sp³-hybridized carbons (Fsp3) is 0.417. The fourth-order valence-electron chi connectivity index (χ4n) is 4.34. The average molecular weight is 458 g/mol. The summed E-state index contributed by atoms with van der Waals surface area (Å²) in [5.41, 5.74) is 2.73. The molecular weight excluding hydrogens is 430 g/mol. The number of carbonyl (C=O) groups excluding carboxylic acids is 2. The first-order chi connectivity index (χ1) is 15.0. The van der Waals surface area contributed by atoms with Gasteiger partial charge in [0.05, 0.1) is 11.5 Å². The number of furan rings is 1. The molecule has 0 saturated heterocycles. The van der Waals surface area contributed by atoms with Gasteiger partial charge in [-0.2, -0.15) is 11.8 Å². The number of hydrogen-bond donors (Lipinski definition) is 1. The van der Waals surface area contributed by atoms with Gasteiger partial charge in [-0.25, -0.2) is 4.79 Å². The number of aryl methyl sites for hydroxylation is 1. The third-order valence-electron chi connectivity index (χ3n) is 5.70. The van der Waals surface area contributed by atoms with Crippen LogP contribution in [0.2, 0.25) is 0 Å². The molecule has 31 heavy (non-hydrogen) atoms. The Hall–Kier alpha value is -2.25. The maximum atomic E-state index is 13.4. The second-order valence-corrected chi connectivity index (χ2v) is 10.2. The summed E-state index contributed by atoms with van der Waals surface area (Å²) in [5, 5.41) is 5.42. The highest BCUT2D eigenvalue weighted by molar-refractivity contribution is 7.99. The van der Waals surface area contributed by atoms with E-state index >= 15 is 0 Å². The van der Waals surface area contributed by atoms with Crippen LogP contribution in [0.25, 0.3) is 0 Å². The van der Waals surface area contributed by atoms with Crippen molar-refractivity contribution in [1.82, 2.24) is 5.32 Å². The summed E-state index contributed by atoms with van der Waals surface area (Å²) >= 11 is 3.41. The van der Waals surface area contributed by atoms with Gasteiger partial charge in [-0.15, -0.1) is 11.3 Å². The van der Waals surface area contributed by atoms with Gasteiger partial charge in [0, 0.05) is 39.9 Å². The Kier molecular flexibility index (Phi) is 6.72. The van der Waals surface area contributed by atoms with Gasteiger partial charge < -0.3 is 14.5 Å². The highest BCUT2D eigenvalue weighted by Crippen LogP contribution is 2.46. The van der Waals surface area contributed by atoms with Gasteiger partial charge in [0.25, 0.3) is 0 Å². The number of thiophene rings is 1. The molecule has 0 unspecified atom stereocenters. The molecule has 2 aliphatic rings. The minimum absolute atomic E-state index is 0.0607. The van der Waals surface area contributed by atoms with Crippen molar-refractivity contribution in [3.63, 3.8) is 0 Å². The Balaban J connectivity index is 1.69. The molecule has 2 atom stereocenters. The fourth-order valence-corrected chi connectivity index (χ4v) is 5.66. The molecule has 0 radical (unpaired) electrons. The predicted molar refractivity (Wildman–Crippen MR) is 124 cm³/mol. The molecule has 3 heterocycles. The second kappa shape index (κ2) is 9.49. The van der Waals surface area contributed by atoms with Crippen molar-refractivity contribution in [3.05, 3.63) is 68.6 Å². The maximum absolute atomic E-state index is 13.4. The zero-order chi connectivity index (χ0) is 22.0. The monoisotopic (exact) mass is 457 g/mol. The summed E-state index contributed by atoms with van der Waals surface area (Å²) < 4.78 is 11.5. The Morgan fingerprint density at radius 3 is 2.81 bits per heavy atom. The molecule has 0 spiro atoms. The first-order valence-electron chi connectivity index (χ1n) is 10.6. The summed E-state index contributed by atoms with van der Waals surface area (Å²) in [6.45, 7) is 6.17. The van der Waals surface area contributed by atoms with Crippen LogP contribution in [-0.4, -0.2) is 29.9 Å². The van der Waals surface area contributed by atoms with Crippen LogP contribution >= 0.6 is 23.1 Å². The normalized spacial score (nSPS) is 21.2. The number of carbonyl (C=O) groups is 2. The van der Waals surface area contributed by atoms with Gasteiger partial charge in [0.2, 0.25) is 0 Å². The minimum atomic E-state index is -0.534. The van der Waals surface area contributed by atoms with E-state index in [1.54, 1.807) is 23.1 Å². The molecule has 2 aromatic rings. The molecule has 1 aliphatic heterocycles. The van der Waals surface area contributed by atoms with Crippen LogP contribution < -0.4 is 5.32 Å². The Bertz CT molecular complexity index is 1030. The van der Waals surface area contributed by atoms with Crippen molar-refractivity contribution in [2.45, 2.75) is 45.4 Å². The van der Waals surface area contributed by atoms with Crippen LogP contribution in [0.3, 0.4) is 0 Å². The number of ether oxygens (including phenoxy) is 1. The van der Waals surface area contributed by atoms with Gasteiger partial charge in [0.15, 0.2) is 5.78 Å². The lowest BCUT2D eigenvalue weighted by atomic mass is 9.74. The topological polar surface area (TPSA) is 68.5 Å². The van der Waals surface area contributed by atoms with E-state index in [9.17, 15) is 9.59 Å². The number of hydrogen-bond acceptors (Lipinski definition) is 7. The quantitative estimate of drug-likeness (QED) is 0.449. The summed E-state index contributed by atoms with van der Waals surface area (Å²) in [7, 11) is 0. The molecule has 0 fully saturated rings. The molecule has 4 rings (SSSR count). The summed E-state index contributed by atoms with van der Waals surface area (Å²) in [5.74, 6) is 2.39. The lowest BCUT2D eigenvalue weighted by Gasteiger charge is -2.35.